The van der Waals surface area contributed by atoms with Gasteiger partial charge in [-0.2, -0.15) is 26.3 Å². The molecule has 1 heterocycles. The van der Waals surface area contributed by atoms with Gasteiger partial charge in [0.2, 0.25) is 11.8 Å². The average molecular weight is 486 g/mol. The number of carbonyl (C=O) groups excluding carboxylic acids is 2. The maximum atomic E-state index is 13.3. The Kier molecular flexibility index (Phi) is 6.49. The standard InChI is InChI=1S/C24H24F6N2O2/c1-5-22(12-32(20(33)15(22)4)19-13(2)7-6-8-14(19)3)21(34)31-18-10-16(23(25,26)27)9-17(11-18)24(28,29)30/h6-11,15H,5,12H2,1-4H3,(H,31,34)/t15?,22-/m1/s1. The number of para-hydroxylation sites is 1. The van der Waals surface area contributed by atoms with E-state index >= 15 is 0 Å². The minimum absolute atomic E-state index is 0.00431. The molecule has 2 aromatic rings. The third-order valence-corrected chi connectivity index (χ3v) is 6.54. The molecule has 184 valence electrons. The van der Waals surface area contributed by atoms with Crippen LogP contribution in [0, 0.1) is 25.2 Å². The largest absolute Gasteiger partial charge is 0.416 e. The molecule has 10 heteroatoms. The number of carbonyl (C=O) groups is 2. The van der Waals surface area contributed by atoms with Gasteiger partial charge in [0, 0.05) is 17.9 Å². The third kappa shape index (κ3) is 4.50. The number of nitrogens with zero attached hydrogens (tertiary/aromatic N) is 1. The number of hydrogen-bond donors (Lipinski definition) is 1. The Hall–Kier alpha value is -3.04. The normalized spacial score (nSPS) is 21.2. The summed E-state index contributed by atoms with van der Waals surface area (Å²) < 4.78 is 79.3. The Balaban J connectivity index is 2.01. The molecule has 0 saturated carbocycles. The summed E-state index contributed by atoms with van der Waals surface area (Å²) in [6.07, 6.45) is -9.93. The molecular weight excluding hydrogens is 462 g/mol. The first-order valence-corrected chi connectivity index (χ1v) is 10.6. The summed E-state index contributed by atoms with van der Waals surface area (Å²) >= 11 is 0. The van der Waals surface area contributed by atoms with E-state index in [9.17, 15) is 35.9 Å². The van der Waals surface area contributed by atoms with E-state index < -0.39 is 46.4 Å². The van der Waals surface area contributed by atoms with E-state index in [-0.39, 0.29) is 24.9 Å². The molecule has 1 fully saturated rings. The first kappa shape index (κ1) is 25.6. The summed E-state index contributed by atoms with van der Waals surface area (Å²) in [6, 6.07) is 6.36. The summed E-state index contributed by atoms with van der Waals surface area (Å²) in [5.41, 5.74) is -2.79. The number of rotatable bonds is 4. The zero-order valence-electron chi connectivity index (χ0n) is 19.0. The van der Waals surface area contributed by atoms with Crippen LogP contribution in [0.15, 0.2) is 36.4 Å². The topological polar surface area (TPSA) is 49.4 Å². The van der Waals surface area contributed by atoms with Gasteiger partial charge in [0.25, 0.3) is 0 Å². The van der Waals surface area contributed by atoms with Crippen LogP contribution in [0.4, 0.5) is 37.7 Å². The number of aryl methyl sites for hydroxylation is 2. The fraction of sp³-hybridized carbons (Fsp3) is 0.417. The van der Waals surface area contributed by atoms with Gasteiger partial charge in [-0.15, -0.1) is 0 Å². The van der Waals surface area contributed by atoms with Crippen molar-refractivity contribution >= 4 is 23.2 Å². The SMILES string of the molecule is CC[C@@]1(C(=O)Nc2cc(C(F)(F)F)cc(C(F)(F)F)c2)CN(c2c(C)cccc2C)C(=O)C1C. The molecule has 1 aliphatic heterocycles. The van der Waals surface area contributed by atoms with Crippen molar-refractivity contribution in [2.75, 3.05) is 16.8 Å². The van der Waals surface area contributed by atoms with Gasteiger partial charge in [0.1, 0.15) is 0 Å². The lowest BCUT2D eigenvalue weighted by atomic mass is 9.75. The van der Waals surface area contributed by atoms with Crippen molar-refractivity contribution in [3.8, 4) is 0 Å². The van der Waals surface area contributed by atoms with E-state index in [4.69, 9.17) is 0 Å². The summed E-state index contributed by atoms with van der Waals surface area (Å²) in [7, 11) is 0. The minimum Gasteiger partial charge on any atom is -0.326 e. The number of nitrogens with one attached hydrogen (secondary N) is 1. The van der Waals surface area contributed by atoms with Crippen LogP contribution in [0.1, 0.15) is 42.5 Å². The van der Waals surface area contributed by atoms with Gasteiger partial charge in [0.15, 0.2) is 0 Å². The van der Waals surface area contributed by atoms with E-state index in [0.29, 0.717) is 17.8 Å². The van der Waals surface area contributed by atoms with Crippen molar-refractivity contribution in [1.82, 2.24) is 0 Å². The molecule has 0 radical (unpaired) electrons. The Morgan fingerprint density at radius 3 is 1.97 bits per heavy atom. The number of anilines is 2. The lowest BCUT2D eigenvalue weighted by Crippen LogP contribution is -2.42. The number of alkyl halides is 6. The molecule has 0 spiro atoms. The Morgan fingerprint density at radius 1 is 1.03 bits per heavy atom. The molecule has 1 saturated heterocycles. The minimum atomic E-state index is -5.04. The second-order valence-electron chi connectivity index (χ2n) is 8.64. The highest BCUT2D eigenvalue weighted by Gasteiger charge is 2.54. The quantitative estimate of drug-likeness (QED) is 0.512. The molecule has 2 aromatic carbocycles. The lowest BCUT2D eigenvalue weighted by molar-refractivity contribution is -0.143. The van der Waals surface area contributed by atoms with E-state index in [2.05, 4.69) is 5.32 Å². The number of amides is 2. The van der Waals surface area contributed by atoms with E-state index in [1.807, 2.05) is 32.0 Å². The van der Waals surface area contributed by atoms with Gasteiger partial charge in [-0.25, -0.2) is 0 Å². The fourth-order valence-electron chi connectivity index (χ4n) is 4.52. The molecule has 34 heavy (non-hydrogen) atoms. The molecule has 0 aliphatic carbocycles. The second kappa shape index (κ2) is 8.63. The van der Waals surface area contributed by atoms with Crippen molar-refractivity contribution in [3.63, 3.8) is 0 Å². The summed E-state index contributed by atoms with van der Waals surface area (Å²) in [4.78, 5) is 28.0. The number of halogens is 6. The first-order valence-electron chi connectivity index (χ1n) is 10.6. The van der Waals surface area contributed by atoms with Crippen LogP contribution in [0.3, 0.4) is 0 Å². The van der Waals surface area contributed by atoms with Gasteiger partial charge in [-0.3, -0.25) is 9.59 Å². The van der Waals surface area contributed by atoms with Crippen LogP contribution in [0.25, 0.3) is 0 Å². The predicted molar refractivity (Wildman–Crippen MR) is 115 cm³/mol. The van der Waals surface area contributed by atoms with Crippen molar-refractivity contribution < 1.29 is 35.9 Å². The summed E-state index contributed by atoms with van der Waals surface area (Å²) in [6.45, 7) is 6.78. The van der Waals surface area contributed by atoms with Gasteiger partial charge in [-0.1, -0.05) is 32.0 Å². The molecule has 1 aliphatic rings. The van der Waals surface area contributed by atoms with Crippen molar-refractivity contribution in [1.29, 1.82) is 0 Å². The summed E-state index contributed by atoms with van der Waals surface area (Å²) in [5.74, 6) is -1.99. The molecule has 0 aromatic heterocycles. The Bertz CT molecular complexity index is 1070. The van der Waals surface area contributed by atoms with Crippen molar-refractivity contribution in [2.24, 2.45) is 11.3 Å². The monoisotopic (exact) mass is 486 g/mol. The predicted octanol–water partition coefficient (Wildman–Crippen LogP) is 6.36. The molecule has 1 N–H and O–H groups in total. The Labute approximate surface area is 192 Å². The van der Waals surface area contributed by atoms with Crippen molar-refractivity contribution in [2.45, 2.75) is 46.5 Å². The average Bonchev–Trinajstić information content (AvgIpc) is 2.98. The molecule has 4 nitrogen and oxygen atoms in total. The first-order chi connectivity index (χ1) is 15.6. The molecular formula is C24H24F6N2O2. The molecule has 2 amide bonds. The van der Waals surface area contributed by atoms with Crippen LogP contribution in [-0.4, -0.2) is 18.4 Å². The smallest absolute Gasteiger partial charge is 0.326 e. The highest BCUT2D eigenvalue weighted by atomic mass is 19.4. The maximum absolute atomic E-state index is 13.3. The zero-order chi connectivity index (χ0) is 25.6. The summed E-state index contributed by atoms with van der Waals surface area (Å²) in [5, 5.41) is 2.24. The molecule has 1 unspecified atom stereocenters. The molecule has 2 atom stereocenters. The van der Waals surface area contributed by atoms with Crippen molar-refractivity contribution in [3.05, 3.63) is 58.7 Å². The van der Waals surface area contributed by atoms with Crippen LogP contribution in [-0.2, 0) is 21.9 Å². The van der Waals surface area contributed by atoms with Crippen LogP contribution in [0.5, 0.6) is 0 Å². The number of hydrogen-bond acceptors (Lipinski definition) is 2. The van der Waals surface area contributed by atoms with Gasteiger partial charge < -0.3 is 10.2 Å². The second-order valence-corrected chi connectivity index (χ2v) is 8.64. The van der Waals surface area contributed by atoms with Gasteiger partial charge in [-0.05, 0) is 49.6 Å². The Morgan fingerprint density at radius 2 is 1.53 bits per heavy atom. The fourth-order valence-corrected chi connectivity index (χ4v) is 4.52. The van der Waals surface area contributed by atoms with Gasteiger partial charge >= 0.3 is 12.4 Å². The zero-order valence-corrected chi connectivity index (χ0v) is 19.0. The van der Waals surface area contributed by atoms with Crippen LogP contribution < -0.4 is 10.2 Å². The van der Waals surface area contributed by atoms with E-state index in [1.54, 1.807) is 13.8 Å². The third-order valence-electron chi connectivity index (χ3n) is 6.54. The molecule has 3 rings (SSSR count). The maximum Gasteiger partial charge on any atom is 0.416 e. The van der Waals surface area contributed by atoms with E-state index in [0.717, 1.165) is 11.1 Å². The molecule has 0 bridgehead atoms. The van der Waals surface area contributed by atoms with Crippen LogP contribution >= 0.6 is 0 Å². The highest BCUT2D eigenvalue weighted by Crippen LogP contribution is 2.45. The lowest BCUT2D eigenvalue weighted by Gasteiger charge is -2.30. The highest BCUT2D eigenvalue weighted by molar-refractivity contribution is 6.07. The van der Waals surface area contributed by atoms with Gasteiger partial charge in [0.05, 0.1) is 22.5 Å². The van der Waals surface area contributed by atoms with E-state index in [1.165, 1.54) is 4.90 Å². The van der Waals surface area contributed by atoms with Crippen LogP contribution in [0.2, 0.25) is 0 Å². The number of benzene rings is 2.